The van der Waals surface area contributed by atoms with Crippen molar-refractivity contribution in [2.45, 2.75) is 152 Å². The van der Waals surface area contributed by atoms with Crippen LogP contribution in [-0.2, 0) is 27.8 Å². The molecular formula is C34H70NO12P. The minimum Gasteiger partial charge on any atom is -0.756 e. The molecule has 5 N–H and O–H groups in total. The van der Waals surface area contributed by atoms with Gasteiger partial charge >= 0.3 is 0 Å². The van der Waals surface area contributed by atoms with Gasteiger partial charge in [-0.25, -0.2) is 0 Å². The largest absolute Gasteiger partial charge is 0.756 e. The van der Waals surface area contributed by atoms with Gasteiger partial charge in [0.25, 0.3) is 7.82 Å². The average Bonchev–Trinajstić information content (AvgIpc) is 3.03. The van der Waals surface area contributed by atoms with Crippen LogP contribution in [0.5, 0.6) is 0 Å². The molecule has 0 heterocycles. The fourth-order valence-electron chi connectivity index (χ4n) is 5.54. The van der Waals surface area contributed by atoms with Crippen LogP contribution in [0.2, 0.25) is 0 Å². The van der Waals surface area contributed by atoms with Crippen LogP contribution in [0, 0.1) is 0 Å². The zero-order valence-corrected chi connectivity index (χ0v) is 31.2. The Kier molecular flexibility index (Phi) is 25.3. The predicted octanol–water partition coefficient (Wildman–Crippen LogP) is 3.06. The van der Waals surface area contributed by atoms with Gasteiger partial charge in [0.05, 0.1) is 47.6 Å². The first kappa shape index (κ1) is 45.8. The van der Waals surface area contributed by atoms with Crippen molar-refractivity contribution in [3.8, 4) is 0 Å². The number of hydrogen-bond donors (Lipinski definition) is 5. The van der Waals surface area contributed by atoms with Crippen molar-refractivity contribution in [3.05, 3.63) is 0 Å². The van der Waals surface area contributed by atoms with Gasteiger partial charge in [-0.1, -0.05) is 103 Å². The van der Waals surface area contributed by atoms with Crippen LogP contribution in [0.25, 0.3) is 0 Å². The molecule has 4 unspecified atom stereocenters. The molecule has 1 saturated carbocycles. The van der Waals surface area contributed by atoms with E-state index >= 15 is 0 Å². The van der Waals surface area contributed by atoms with Gasteiger partial charge < -0.3 is 58.2 Å². The van der Waals surface area contributed by atoms with Crippen molar-refractivity contribution >= 4 is 7.82 Å². The van der Waals surface area contributed by atoms with Gasteiger partial charge in [0.1, 0.15) is 55.9 Å². The van der Waals surface area contributed by atoms with E-state index in [0.29, 0.717) is 17.6 Å². The summed E-state index contributed by atoms with van der Waals surface area (Å²) in [7, 11) is 1.16. The lowest BCUT2D eigenvalue weighted by Gasteiger charge is -2.41. The quantitative estimate of drug-likeness (QED) is 0.0402. The van der Waals surface area contributed by atoms with Gasteiger partial charge in [-0.3, -0.25) is 4.57 Å². The molecule has 13 nitrogen and oxygen atoms in total. The summed E-state index contributed by atoms with van der Waals surface area (Å²) < 4.78 is 39.8. The zero-order chi connectivity index (χ0) is 35.8. The molecule has 0 aliphatic heterocycles. The normalized spacial score (nSPS) is 25.3. The third-order valence-electron chi connectivity index (χ3n) is 8.70. The molecule has 0 spiro atoms. The van der Waals surface area contributed by atoms with Crippen molar-refractivity contribution in [2.24, 2.45) is 0 Å². The summed E-state index contributed by atoms with van der Waals surface area (Å²) in [5, 5.41) is 49.8. The van der Waals surface area contributed by atoms with Crippen LogP contribution >= 0.6 is 7.82 Å². The number of nitrogens with zero attached hydrogens (tertiary/aromatic N) is 1. The lowest BCUT2D eigenvalue weighted by molar-refractivity contribution is -0.870. The predicted molar refractivity (Wildman–Crippen MR) is 182 cm³/mol. The third-order valence-corrected chi connectivity index (χ3v) is 9.66. The van der Waals surface area contributed by atoms with Crippen LogP contribution in [0.1, 0.15) is 110 Å². The van der Waals surface area contributed by atoms with Crippen molar-refractivity contribution < 1.29 is 62.7 Å². The van der Waals surface area contributed by atoms with E-state index in [1.165, 1.54) is 83.5 Å². The highest BCUT2D eigenvalue weighted by Crippen LogP contribution is 2.38. The van der Waals surface area contributed by atoms with E-state index in [1.807, 2.05) is 21.1 Å². The molecular weight excluding hydrogens is 645 g/mol. The van der Waals surface area contributed by atoms with Crippen molar-refractivity contribution in [1.82, 2.24) is 0 Å². The molecule has 48 heavy (non-hydrogen) atoms. The molecule has 1 aliphatic rings. The number of phosphoric acid groups is 1. The Morgan fingerprint density at radius 3 is 1.54 bits per heavy atom. The topological polar surface area (TPSA) is 187 Å². The zero-order valence-electron chi connectivity index (χ0n) is 30.3. The Hall–Kier alpha value is -0.250. The Balaban J connectivity index is 2.31. The summed E-state index contributed by atoms with van der Waals surface area (Å²) in [6.45, 7) is 2.64. The van der Waals surface area contributed by atoms with E-state index in [-0.39, 0.29) is 33.0 Å². The standard InChI is InChI=1S/C34H70NO12P/c1-5-6-7-8-9-10-11-12-13-14-15-16-17-18-19-20-22-43-26-28(27-47-48(41,42)46-23-21-35(2,3)4)44-24-25-45-34-32(39)30(37)29(36)31(38)33(34)40/h28-34,36-40H,5-27H2,1-4H3/t28?,29?,30-,31+,32-,33-,34?/m0/s1. The van der Waals surface area contributed by atoms with E-state index in [4.69, 9.17) is 23.3 Å². The lowest BCUT2D eigenvalue weighted by atomic mass is 9.85. The Labute approximate surface area is 290 Å². The number of likely N-dealkylation sites (N-methyl/N-ethyl adjacent to an activating group) is 1. The molecule has 0 amide bonds. The number of aliphatic hydroxyl groups is 5. The van der Waals surface area contributed by atoms with Gasteiger partial charge in [0, 0.05) is 6.61 Å². The fourth-order valence-corrected chi connectivity index (χ4v) is 6.27. The Morgan fingerprint density at radius 1 is 0.604 bits per heavy atom. The van der Waals surface area contributed by atoms with E-state index in [2.05, 4.69) is 6.92 Å². The maximum Gasteiger partial charge on any atom is 0.268 e. The molecule has 1 rings (SSSR count). The highest BCUT2D eigenvalue weighted by atomic mass is 31.2. The molecule has 0 saturated heterocycles. The highest BCUT2D eigenvalue weighted by molar-refractivity contribution is 7.45. The Bertz CT molecular complexity index is 803. The summed E-state index contributed by atoms with van der Waals surface area (Å²) in [5.41, 5.74) is 0. The first-order valence-corrected chi connectivity index (χ1v) is 19.9. The molecule has 0 aromatic rings. The van der Waals surface area contributed by atoms with Gasteiger partial charge in [0.2, 0.25) is 0 Å². The third kappa shape index (κ3) is 21.9. The number of quaternary nitrogens is 1. The summed E-state index contributed by atoms with van der Waals surface area (Å²) in [4.78, 5) is 12.3. The minimum absolute atomic E-state index is 0.0299. The van der Waals surface area contributed by atoms with E-state index < -0.39 is 50.6 Å². The molecule has 8 atom stereocenters. The van der Waals surface area contributed by atoms with Gasteiger partial charge in [-0.2, -0.15) is 0 Å². The van der Waals surface area contributed by atoms with Crippen molar-refractivity contribution in [3.63, 3.8) is 0 Å². The SMILES string of the molecule is CCCCCCCCCCCCCCCCCCOCC(COP(=O)([O-])OCC[N+](C)(C)C)OCCOC1[C@@H](O)[C@H](O)C(O)[C@H](O)[C@@H]1O. The number of unbranched alkanes of at least 4 members (excludes halogenated alkanes) is 15. The van der Waals surface area contributed by atoms with E-state index in [9.17, 15) is 35.0 Å². The molecule has 0 aromatic carbocycles. The smallest absolute Gasteiger partial charge is 0.268 e. The number of rotatable bonds is 31. The average molecular weight is 716 g/mol. The molecule has 0 aromatic heterocycles. The number of aliphatic hydroxyl groups excluding tert-OH is 5. The van der Waals surface area contributed by atoms with Gasteiger partial charge in [-0.05, 0) is 6.42 Å². The first-order chi connectivity index (χ1) is 22.8. The molecule has 0 bridgehead atoms. The van der Waals surface area contributed by atoms with E-state index in [0.717, 1.165) is 19.3 Å². The van der Waals surface area contributed by atoms with Gasteiger partial charge in [0.15, 0.2) is 0 Å². The number of ether oxygens (including phenoxy) is 3. The molecule has 14 heteroatoms. The maximum absolute atomic E-state index is 12.3. The lowest BCUT2D eigenvalue weighted by Crippen LogP contribution is -2.64. The van der Waals surface area contributed by atoms with Gasteiger partial charge in [-0.15, -0.1) is 0 Å². The summed E-state index contributed by atoms with van der Waals surface area (Å²) in [5.74, 6) is 0. The second kappa shape index (κ2) is 26.5. The second-order valence-corrected chi connectivity index (χ2v) is 15.7. The van der Waals surface area contributed by atoms with Crippen LogP contribution in [0.3, 0.4) is 0 Å². The van der Waals surface area contributed by atoms with Crippen LogP contribution in [0.4, 0.5) is 0 Å². The summed E-state index contributed by atoms with van der Waals surface area (Å²) in [6, 6.07) is 0. The first-order valence-electron chi connectivity index (χ1n) is 18.4. The molecule has 1 aliphatic carbocycles. The number of phosphoric ester groups is 1. The van der Waals surface area contributed by atoms with Crippen LogP contribution < -0.4 is 4.89 Å². The molecule has 0 radical (unpaired) electrons. The van der Waals surface area contributed by atoms with Crippen molar-refractivity contribution in [2.75, 3.05) is 67.3 Å². The summed E-state index contributed by atoms with van der Waals surface area (Å²) in [6.07, 6.45) is 9.92. The maximum atomic E-state index is 12.3. The fraction of sp³-hybridized carbons (Fsp3) is 1.00. The minimum atomic E-state index is -4.58. The van der Waals surface area contributed by atoms with Crippen LogP contribution in [0.15, 0.2) is 0 Å². The van der Waals surface area contributed by atoms with Crippen molar-refractivity contribution in [1.29, 1.82) is 0 Å². The summed E-state index contributed by atoms with van der Waals surface area (Å²) >= 11 is 0. The number of hydrogen-bond acceptors (Lipinski definition) is 12. The van der Waals surface area contributed by atoms with Crippen LogP contribution in [-0.4, -0.2) is 140 Å². The highest BCUT2D eigenvalue weighted by Gasteiger charge is 2.48. The monoisotopic (exact) mass is 715 g/mol. The van der Waals surface area contributed by atoms with E-state index in [1.54, 1.807) is 0 Å². The Morgan fingerprint density at radius 2 is 1.06 bits per heavy atom. The second-order valence-electron chi connectivity index (χ2n) is 14.2. The molecule has 1 fully saturated rings. The molecule has 288 valence electrons.